The van der Waals surface area contributed by atoms with Crippen LogP contribution in [0.15, 0.2) is 30.0 Å². The Labute approximate surface area is 149 Å². The Bertz CT molecular complexity index is 848. The van der Waals surface area contributed by atoms with Gasteiger partial charge < -0.3 is 4.90 Å². The summed E-state index contributed by atoms with van der Waals surface area (Å²) in [5.41, 5.74) is 1.34. The minimum absolute atomic E-state index is 0.0234. The number of thiazole rings is 1. The highest BCUT2D eigenvalue weighted by atomic mass is 32.1. The van der Waals surface area contributed by atoms with Gasteiger partial charge in [-0.25, -0.2) is 4.98 Å². The van der Waals surface area contributed by atoms with Crippen LogP contribution in [0.25, 0.3) is 10.7 Å². The van der Waals surface area contributed by atoms with Crippen LogP contribution in [0.2, 0.25) is 0 Å². The van der Waals surface area contributed by atoms with Crippen molar-refractivity contribution in [2.24, 2.45) is 5.92 Å². The van der Waals surface area contributed by atoms with Gasteiger partial charge in [0.25, 0.3) is 5.91 Å². The Kier molecular flexibility index (Phi) is 4.31. The molecule has 0 aliphatic carbocycles. The summed E-state index contributed by atoms with van der Waals surface area (Å²) >= 11 is 1.56. The zero-order valence-corrected chi connectivity index (χ0v) is 14.8. The Morgan fingerprint density at radius 1 is 1.36 bits per heavy atom. The zero-order valence-electron chi connectivity index (χ0n) is 13.9. The number of rotatable bonds is 6. The molecule has 0 unspecified atom stereocenters. The Balaban J connectivity index is 1.25. The van der Waals surface area contributed by atoms with Crippen LogP contribution < -0.4 is 0 Å². The van der Waals surface area contributed by atoms with E-state index in [0.29, 0.717) is 11.6 Å². The fraction of sp³-hybridized carbons (Fsp3) is 0.438. The summed E-state index contributed by atoms with van der Waals surface area (Å²) in [6, 6.07) is 1.79. The number of nitrogens with zero attached hydrogens (tertiary/aromatic N) is 7. The molecule has 8 nitrogen and oxygen atoms in total. The molecule has 0 bridgehead atoms. The lowest BCUT2D eigenvalue weighted by Crippen LogP contribution is -2.50. The predicted molar refractivity (Wildman–Crippen MR) is 93.0 cm³/mol. The lowest BCUT2D eigenvalue weighted by molar-refractivity contribution is 0.0468. The van der Waals surface area contributed by atoms with Crippen molar-refractivity contribution < 1.29 is 4.79 Å². The molecule has 1 aliphatic heterocycles. The van der Waals surface area contributed by atoms with Crippen molar-refractivity contribution in [3.8, 4) is 10.7 Å². The molecular formula is C16H19N7OS. The van der Waals surface area contributed by atoms with E-state index in [4.69, 9.17) is 0 Å². The summed E-state index contributed by atoms with van der Waals surface area (Å²) in [5.74, 6) is 0.528. The number of hydrogen-bond acceptors (Lipinski definition) is 6. The molecule has 1 fully saturated rings. The van der Waals surface area contributed by atoms with Crippen molar-refractivity contribution in [2.45, 2.75) is 26.4 Å². The molecule has 9 heteroatoms. The summed E-state index contributed by atoms with van der Waals surface area (Å²) in [6.45, 7) is 5.15. The second kappa shape index (κ2) is 6.75. The summed E-state index contributed by atoms with van der Waals surface area (Å²) in [4.78, 5) is 18.4. The lowest BCUT2D eigenvalue weighted by atomic mass is 9.96. The average molecular weight is 357 g/mol. The van der Waals surface area contributed by atoms with Gasteiger partial charge in [0.1, 0.15) is 16.4 Å². The highest BCUT2D eigenvalue weighted by Gasteiger charge is 2.31. The van der Waals surface area contributed by atoms with Gasteiger partial charge in [-0.2, -0.15) is 5.10 Å². The second-order valence-electron chi connectivity index (χ2n) is 6.13. The van der Waals surface area contributed by atoms with Gasteiger partial charge >= 0.3 is 0 Å². The van der Waals surface area contributed by atoms with E-state index in [1.807, 2.05) is 34.3 Å². The van der Waals surface area contributed by atoms with E-state index in [-0.39, 0.29) is 5.91 Å². The lowest BCUT2D eigenvalue weighted by Gasteiger charge is -2.38. The van der Waals surface area contributed by atoms with Gasteiger partial charge in [0.2, 0.25) is 0 Å². The van der Waals surface area contributed by atoms with E-state index < -0.39 is 0 Å². The van der Waals surface area contributed by atoms with Crippen LogP contribution in [-0.4, -0.2) is 53.7 Å². The molecule has 25 heavy (non-hydrogen) atoms. The molecule has 0 atom stereocenters. The number of carbonyl (C=O) groups excluding carboxylic acids is 1. The van der Waals surface area contributed by atoms with Crippen molar-refractivity contribution in [3.63, 3.8) is 0 Å². The SMILES string of the molecule is CCn1ccc(C(=O)N2CC(CCn3cc(-c4nccs4)nn3)C2)n1. The van der Waals surface area contributed by atoms with Crippen LogP contribution in [-0.2, 0) is 13.1 Å². The van der Waals surface area contributed by atoms with Crippen molar-refractivity contribution in [3.05, 3.63) is 35.7 Å². The third kappa shape index (κ3) is 3.32. The minimum Gasteiger partial charge on any atom is -0.337 e. The molecule has 1 amide bonds. The fourth-order valence-electron chi connectivity index (χ4n) is 2.90. The number of likely N-dealkylation sites (tertiary alicyclic amines) is 1. The predicted octanol–water partition coefficient (Wildman–Crippen LogP) is 1.78. The van der Waals surface area contributed by atoms with E-state index in [9.17, 15) is 4.79 Å². The molecule has 3 aromatic rings. The van der Waals surface area contributed by atoms with E-state index in [1.54, 1.807) is 28.3 Å². The van der Waals surface area contributed by atoms with Gasteiger partial charge in [-0.05, 0) is 25.3 Å². The normalized spacial score (nSPS) is 14.7. The summed E-state index contributed by atoms with van der Waals surface area (Å²) < 4.78 is 3.62. The maximum absolute atomic E-state index is 12.3. The average Bonchev–Trinajstić information content (AvgIpc) is 3.32. The molecule has 130 valence electrons. The van der Waals surface area contributed by atoms with Crippen molar-refractivity contribution in [2.75, 3.05) is 13.1 Å². The Morgan fingerprint density at radius 3 is 2.96 bits per heavy atom. The van der Waals surface area contributed by atoms with Gasteiger partial charge in [0.15, 0.2) is 0 Å². The van der Waals surface area contributed by atoms with Gasteiger partial charge in [-0.1, -0.05) is 5.21 Å². The van der Waals surface area contributed by atoms with E-state index in [1.165, 1.54) is 0 Å². The van der Waals surface area contributed by atoms with Crippen LogP contribution in [0, 0.1) is 5.92 Å². The molecule has 0 spiro atoms. The van der Waals surface area contributed by atoms with Crippen molar-refractivity contribution in [1.82, 2.24) is 34.7 Å². The summed E-state index contributed by atoms with van der Waals surface area (Å²) in [6.07, 6.45) is 6.52. The number of hydrogen-bond donors (Lipinski definition) is 0. The molecule has 1 aliphatic rings. The first-order valence-corrected chi connectivity index (χ1v) is 9.23. The summed E-state index contributed by atoms with van der Waals surface area (Å²) in [5, 5.41) is 15.4. The quantitative estimate of drug-likeness (QED) is 0.672. The van der Waals surface area contributed by atoms with Crippen LogP contribution in [0.3, 0.4) is 0 Å². The first kappa shape index (κ1) is 15.9. The first-order valence-electron chi connectivity index (χ1n) is 8.35. The number of amides is 1. The van der Waals surface area contributed by atoms with Crippen molar-refractivity contribution >= 4 is 17.2 Å². The van der Waals surface area contributed by atoms with E-state index in [2.05, 4.69) is 20.4 Å². The maximum atomic E-state index is 12.3. The molecule has 0 saturated carbocycles. The first-order chi connectivity index (χ1) is 12.2. The molecule has 0 aromatic carbocycles. The van der Waals surface area contributed by atoms with Gasteiger partial charge in [-0.15, -0.1) is 16.4 Å². The van der Waals surface area contributed by atoms with E-state index in [0.717, 1.165) is 43.3 Å². The minimum atomic E-state index is 0.0234. The third-order valence-electron chi connectivity index (χ3n) is 4.38. The Morgan fingerprint density at radius 2 is 2.24 bits per heavy atom. The van der Waals surface area contributed by atoms with Gasteiger partial charge in [0, 0.05) is 44.0 Å². The van der Waals surface area contributed by atoms with Crippen LogP contribution in [0.5, 0.6) is 0 Å². The summed E-state index contributed by atoms with van der Waals surface area (Å²) in [7, 11) is 0. The molecule has 4 heterocycles. The topological polar surface area (TPSA) is 81.7 Å². The highest BCUT2D eigenvalue weighted by molar-refractivity contribution is 7.13. The van der Waals surface area contributed by atoms with Gasteiger partial charge in [-0.3, -0.25) is 14.2 Å². The van der Waals surface area contributed by atoms with Crippen LogP contribution in [0.4, 0.5) is 0 Å². The molecule has 3 aromatic heterocycles. The monoisotopic (exact) mass is 357 g/mol. The maximum Gasteiger partial charge on any atom is 0.274 e. The van der Waals surface area contributed by atoms with Crippen molar-refractivity contribution in [1.29, 1.82) is 0 Å². The fourth-order valence-corrected chi connectivity index (χ4v) is 3.49. The molecule has 0 N–H and O–H groups in total. The highest BCUT2D eigenvalue weighted by Crippen LogP contribution is 2.22. The van der Waals surface area contributed by atoms with E-state index >= 15 is 0 Å². The van der Waals surface area contributed by atoms with Gasteiger partial charge in [0.05, 0.1) is 6.20 Å². The third-order valence-corrected chi connectivity index (χ3v) is 5.18. The largest absolute Gasteiger partial charge is 0.337 e. The van der Waals surface area contributed by atoms with Crippen LogP contribution in [0.1, 0.15) is 23.8 Å². The smallest absolute Gasteiger partial charge is 0.274 e. The Hall–Kier alpha value is -2.55. The number of aromatic nitrogens is 6. The molecule has 0 radical (unpaired) electrons. The molecule has 1 saturated heterocycles. The van der Waals surface area contributed by atoms with Crippen LogP contribution >= 0.6 is 11.3 Å². The zero-order chi connectivity index (χ0) is 17.2. The second-order valence-corrected chi connectivity index (χ2v) is 7.02. The number of carbonyl (C=O) groups is 1. The molecule has 4 rings (SSSR count). The molecular weight excluding hydrogens is 338 g/mol. The number of aryl methyl sites for hydroxylation is 2. The standard InChI is InChI=1S/C16H19N7OS/c1-2-22-7-4-13(19-22)16(24)21-9-12(10-21)3-6-23-11-14(18-20-23)15-17-5-8-25-15/h4-5,7-8,11-12H,2-3,6,9-10H2,1H3.